The van der Waals surface area contributed by atoms with Gasteiger partial charge in [0.05, 0.1) is 0 Å². The Morgan fingerprint density at radius 3 is 2.57 bits per heavy atom. The fourth-order valence-electron chi connectivity index (χ4n) is 2.03. The van der Waals surface area contributed by atoms with Gasteiger partial charge in [-0.25, -0.2) is 0 Å². The number of aliphatic carboxylic acids is 1. The SMILES string of the molecule is CC(=O)Sc1cccc2cccc(C(=S)OC[C@H](N)C(=O)O)c12. The molecular weight excluding hydrogens is 334 g/mol. The number of benzene rings is 2. The first-order valence-corrected chi connectivity index (χ1v) is 7.98. The first kappa shape index (κ1) is 17.4. The van der Waals surface area contributed by atoms with Crippen LogP contribution in [0.25, 0.3) is 10.8 Å². The molecule has 0 saturated heterocycles. The van der Waals surface area contributed by atoms with E-state index in [1.165, 1.54) is 6.92 Å². The van der Waals surface area contributed by atoms with Crippen LogP contribution >= 0.6 is 24.0 Å². The summed E-state index contributed by atoms with van der Waals surface area (Å²) in [5, 5.41) is 10.6. The number of carbonyl (C=O) groups is 2. The Balaban J connectivity index is 2.38. The molecule has 1 atom stereocenters. The molecular formula is C16H15NO4S2. The lowest BCUT2D eigenvalue weighted by atomic mass is 10.1. The van der Waals surface area contributed by atoms with Gasteiger partial charge in [-0.1, -0.05) is 36.0 Å². The van der Waals surface area contributed by atoms with Crippen LogP contribution in [0.4, 0.5) is 0 Å². The van der Waals surface area contributed by atoms with Gasteiger partial charge in [-0.3, -0.25) is 9.59 Å². The summed E-state index contributed by atoms with van der Waals surface area (Å²) < 4.78 is 5.35. The molecule has 0 amide bonds. The third-order valence-corrected chi connectivity index (χ3v) is 4.24. The Bertz CT molecular complexity index is 771. The quantitative estimate of drug-likeness (QED) is 0.633. The van der Waals surface area contributed by atoms with Crippen LogP contribution < -0.4 is 5.73 Å². The van der Waals surface area contributed by atoms with Crippen LogP contribution in [0.3, 0.4) is 0 Å². The van der Waals surface area contributed by atoms with E-state index in [4.69, 9.17) is 27.8 Å². The fourth-order valence-corrected chi connectivity index (χ4v) is 3.06. The summed E-state index contributed by atoms with van der Waals surface area (Å²) in [4.78, 5) is 23.0. The van der Waals surface area contributed by atoms with E-state index in [0.717, 1.165) is 27.4 Å². The number of hydrogen-bond donors (Lipinski definition) is 2. The van der Waals surface area contributed by atoms with Gasteiger partial charge < -0.3 is 15.6 Å². The van der Waals surface area contributed by atoms with Crippen LogP contribution in [0.1, 0.15) is 12.5 Å². The topological polar surface area (TPSA) is 89.6 Å². The van der Waals surface area contributed by atoms with Gasteiger partial charge in [0.15, 0.2) is 10.2 Å². The monoisotopic (exact) mass is 349 g/mol. The number of nitrogens with two attached hydrogens (primary N) is 1. The molecule has 3 N–H and O–H groups in total. The molecule has 0 saturated carbocycles. The minimum absolute atomic E-state index is 0.0351. The smallest absolute Gasteiger partial charge is 0.324 e. The fraction of sp³-hybridized carbons (Fsp3) is 0.188. The van der Waals surface area contributed by atoms with Crippen LogP contribution in [0, 0.1) is 0 Å². The normalized spacial score (nSPS) is 11.9. The van der Waals surface area contributed by atoms with Crippen LogP contribution in [0.15, 0.2) is 41.3 Å². The van der Waals surface area contributed by atoms with Gasteiger partial charge >= 0.3 is 5.97 Å². The molecule has 0 heterocycles. The number of thiocarbonyl (C=S) groups is 1. The van der Waals surface area contributed by atoms with Gasteiger partial charge in [0.25, 0.3) is 0 Å². The Hall–Kier alpha value is -1.96. The van der Waals surface area contributed by atoms with E-state index >= 15 is 0 Å². The zero-order chi connectivity index (χ0) is 17.0. The number of carbonyl (C=O) groups excluding carboxylic acids is 1. The van der Waals surface area contributed by atoms with E-state index in [9.17, 15) is 9.59 Å². The van der Waals surface area contributed by atoms with Gasteiger partial charge in [-0.15, -0.1) is 0 Å². The van der Waals surface area contributed by atoms with E-state index < -0.39 is 12.0 Å². The molecule has 0 aliphatic rings. The van der Waals surface area contributed by atoms with Crippen LogP contribution in [0.2, 0.25) is 0 Å². The lowest BCUT2D eigenvalue weighted by Gasteiger charge is -2.14. The van der Waals surface area contributed by atoms with Crippen molar-refractivity contribution in [1.82, 2.24) is 0 Å². The number of carboxylic acids is 1. The van der Waals surface area contributed by atoms with Gasteiger partial charge in [0.1, 0.15) is 12.6 Å². The largest absolute Gasteiger partial charge is 0.481 e. The van der Waals surface area contributed by atoms with E-state index in [-0.39, 0.29) is 16.8 Å². The molecule has 0 radical (unpaired) electrons. The van der Waals surface area contributed by atoms with Crippen molar-refractivity contribution < 1.29 is 19.4 Å². The lowest BCUT2D eigenvalue weighted by molar-refractivity contribution is -0.139. The summed E-state index contributed by atoms with van der Waals surface area (Å²) in [5.74, 6) is -1.15. The van der Waals surface area contributed by atoms with Crippen molar-refractivity contribution in [2.45, 2.75) is 17.9 Å². The number of thioether (sulfide) groups is 1. The first-order valence-electron chi connectivity index (χ1n) is 6.76. The molecule has 0 aliphatic carbocycles. The van der Waals surface area contributed by atoms with Gasteiger partial charge in [-0.05, 0) is 29.7 Å². The molecule has 0 spiro atoms. The second kappa shape index (κ2) is 7.54. The molecule has 2 rings (SSSR count). The Morgan fingerprint density at radius 2 is 1.96 bits per heavy atom. The molecule has 120 valence electrons. The van der Waals surface area contributed by atoms with E-state index in [2.05, 4.69) is 0 Å². The number of fused-ring (bicyclic) bond motifs is 1. The maximum atomic E-state index is 11.4. The lowest BCUT2D eigenvalue weighted by Crippen LogP contribution is -2.35. The summed E-state index contributed by atoms with van der Waals surface area (Å²) in [6, 6.07) is 9.98. The first-order chi connectivity index (χ1) is 10.9. The Kier molecular flexibility index (Phi) is 5.70. The number of carboxylic acid groups (broad SMARTS) is 1. The number of hydrogen-bond acceptors (Lipinski definition) is 6. The molecule has 7 heteroatoms. The molecule has 0 bridgehead atoms. The van der Waals surface area contributed by atoms with Crippen molar-refractivity contribution in [3.8, 4) is 0 Å². The van der Waals surface area contributed by atoms with Crippen LogP contribution in [0.5, 0.6) is 0 Å². The molecule has 5 nitrogen and oxygen atoms in total. The third-order valence-electron chi connectivity index (χ3n) is 3.05. The maximum absolute atomic E-state index is 11.4. The van der Waals surface area contributed by atoms with Crippen molar-refractivity contribution in [2.75, 3.05) is 6.61 Å². The average molecular weight is 349 g/mol. The Morgan fingerprint density at radius 1 is 1.30 bits per heavy atom. The summed E-state index contributed by atoms with van der Waals surface area (Å²) >= 11 is 6.38. The maximum Gasteiger partial charge on any atom is 0.324 e. The van der Waals surface area contributed by atoms with Gasteiger partial charge in [0.2, 0.25) is 0 Å². The summed E-state index contributed by atoms with van der Waals surface area (Å²) in [5.41, 5.74) is 6.06. The minimum Gasteiger partial charge on any atom is -0.481 e. The third kappa shape index (κ3) is 4.28. The number of ether oxygens (including phenoxy) is 1. The van der Waals surface area contributed by atoms with E-state index in [1.807, 2.05) is 30.3 Å². The minimum atomic E-state index is -1.15. The zero-order valence-electron chi connectivity index (χ0n) is 12.3. The summed E-state index contributed by atoms with van der Waals surface area (Å²) in [6.45, 7) is 1.28. The van der Waals surface area contributed by atoms with Crippen LogP contribution in [-0.4, -0.2) is 33.9 Å². The van der Waals surface area contributed by atoms with Gasteiger partial charge in [0, 0.05) is 22.8 Å². The molecule has 2 aromatic carbocycles. The predicted molar refractivity (Wildman–Crippen MR) is 93.7 cm³/mol. The van der Waals surface area contributed by atoms with Crippen molar-refractivity contribution in [1.29, 1.82) is 0 Å². The van der Waals surface area contributed by atoms with E-state index in [0.29, 0.717) is 5.56 Å². The second-order valence-electron chi connectivity index (χ2n) is 4.80. The average Bonchev–Trinajstić information content (AvgIpc) is 2.51. The van der Waals surface area contributed by atoms with Crippen LogP contribution in [-0.2, 0) is 14.3 Å². The molecule has 2 aromatic rings. The number of rotatable bonds is 5. The highest BCUT2D eigenvalue weighted by Crippen LogP contribution is 2.31. The summed E-state index contributed by atoms with van der Waals surface area (Å²) in [7, 11) is 0. The highest BCUT2D eigenvalue weighted by molar-refractivity contribution is 8.13. The highest BCUT2D eigenvalue weighted by Gasteiger charge is 2.16. The molecule has 0 fully saturated rings. The van der Waals surface area contributed by atoms with Gasteiger partial charge in [-0.2, -0.15) is 0 Å². The zero-order valence-corrected chi connectivity index (χ0v) is 13.9. The predicted octanol–water partition coefficient (Wildman–Crippen LogP) is 2.58. The molecule has 23 heavy (non-hydrogen) atoms. The van der Waals surface area contributed by atoms with Crippen molar-refractivity contribution in [2.24, 2.45) is 5.73 Å². The molecule has 0 unspecified atom stereocenters. The highest BCUT2D eigenvalue weighted by atomic mass is 32.2. The second-order valence-corrected chi connectivity index (χ2v) is 6.39. The standard InChI is InChI=1S/C16H15NO4S2/c1-9(18)23-13-7-3-5-10-4-2-6-11(14(10)13)16(22)21-8-12(17)15(19)20/h2-7,12H,8,17H2,1H3,(H,19,20)/t12-/m0/s1. The summed E-state index contributed by atoms with van der Waals surface area (Å²) in [6.07, 6.45) is 0. The van der Waals surface area contributed by atoms with Crippen molar-refractivity contribution in [3.63, 3.8) is 0 Å². The van der Waals surface area contributed by atoms with Crippen molar-refractivity contribution >= 4 is 50.9 Å². The van der Waals surface area contributed by atoms with E-state index in [1.54, 1.807) is 6.07 Å². The molecule has 0 aliphatic heterocycles. The Labute approximate surface area is 142 Å². The van der Waals surface area contributed by atoms with Crippen molar-refractivity contribution in [3.05, 3.63) is 42.0 Å². The molecule has 0 aromatic heterocycles.